The van der Waals surface area contributed by atoms with Crippen molar-refractivity contribution in [3.05, 3.63) is 16.1 Å². The maximum atomic E-state index is 4.31. The predicted octanol–water partition coefficient (Wildman–Crippen LogP) is 4.29. The Labute approximate surface area is 115 Å². The van der Waals surface area contributed by atoms with Crippen molar-refractivity contribution in [1.82, 2.24) is 10.3 Å². The fraction of sp³-hybridized carbons (Fsp3) is 0.800. The number of hydrogen-bond acceptors (Lipinski definition) is 3. The van der Waals surface area contributed by atoms with E-state index in [2.05, 4.69) is 24.1 Å². The summed E-state index contributed by atoms with van der Waals surface area (Å²) in [5.41, 5.74) is 3.15. The fourth-order valence-corrected chi connectivity index (χ4v) is 3.74. The summed E-state index contributed by atoms with van der Waals surface area (Å²) in [5, 5.41) is 3.74. The molecule has 0 spiro atoms. The van der Waals surface area contributed by atoms with Crippen LogP contribution in [0.15, 0.2) is 5.51 Å². The summed E-state index contributed by atoms with van der Waals surface area (Å²) in [6.07, 6.45) is 9.78. The minimum absolute atomic E-state index is 0.730. The highest BCUT2D eigenvalue weighted by atomic mass is 32.1. The number of aryl methyl sites for hydroxylation is 1. The van der Waals surface area contributed by atoms with Gasteiger partial charge in [-0.15, -0.1) is 11.3 Å². The van der Waals surface area contributed by atoms with Crippen LogP contribution in [-0.2, 0) is 6.54 Å². The van der Waals surface area contributed by atoms with Crippen molar-refractivity contribution in [3.63, 3.8) is 0 Å². The summed E-state index contributed by atoms with van der Waals surface area (Å²) in [5.74, 6) is 0.993. The van der Waals surface area contributed by atoms with Crippen LogP contribution < -0.4 is 5.32 Å². The molecule has 0 aliphatic heterocycles. The van der Waals surface area contributed by atoms with Crippen LogP contribution in [0.1, 0.15) is 62.4 Å². The summed E-state index contributed by atoms with van der Waals surface area (Å²) >= 11 is 1.78. The van der Waals surface area contributed by atoms with E-state index in [1.165, 1.54) is 55.5 Å². The summed E-state index contributed by atoms with van der Waals surface area (Å²) in [4.78, 5) is 5.72. The van der Waals surface area contributed by atoms with Gasteiger partial charge in [-0.05, 0) is 32.1 Å². The molecule has 102 valence electrons. The molecule has 1 saturated carbocycles. The Morgan fingerprint density at radius 3 is 2.94 bits per heavy atom. The minimum Gasteiger partial charge on any atom is -0.309 e. The third kappa shape index (κ3) is 4.06. The largest absolute Gasteiger partial charge is 0.309 e. The highest BCUT2D eigenvalue weighted by Crippen LogP contribution is 2.27. The van der Waals surface area contributed by atoms with E-state index in [0.717, 1.165) is 18.5 Å². The first-order valence-corrected chi connectivity index (χ1v) is 8.30. The van der Waals surface area contributed by atoms with Crippen LogP contribution in [0.3, 0.4) is 0 Å². The lowest BCUT2D eigenvalue weighted by Crippen LogP contribution is -2.27. The number of aromatic nitrogens is 1. The summed E-state index contributed by atoms with van der Waals surface area (Å²) in [6, 6.07) is 0.730. The third-order valence-corrected chi connectivity index (χ3v) is 5.12. The maximum absolute atomic E-state index is 4.31. The molecule has 0 radical (unpaired) electrons. The van der Waals surface area contributed by atoms with Crippen molar-refractivity contribution >= 4 is 11.3 Å². The second-order valence-corrected chi connectivity index (χ2v) is 6.54. The molecule has 2 nitrogen and oxygen atoms in total. The van der Waals surface area contributed by atoms with Gasteiger partial charge in [0.15, 0.2) is 0 Å². The molecular weight excluding hydrogens is 240 g/mol. The van der Waals surface area contributed by atoms with Crippen LogP contribution in [0.5, 0.6) is 0 Å². The van der Waals surface area contributed by atoms with Crippen LogP contribution in [0.25, 0.3) is 0 Å². The SMILES string of the molecule is CCCC1CCCC(NCc2scnc2C)CC1. The lowest BCUT2D eigenvalue weighted by Gasteiger charge is -2.16. The van der Waals surface area contributed by atoms with E-state index >= 15 is 0 Å². The van der Waals surface area contributed by atoms with Crippen LogP contribution in [0.2, 0.25) is 0 Å². The molecule has 1 aliphatic rings. The highest BCUT2D eigenvalue weighted by Gasteiger charge is 2.18. The Kier molecular flexibility index (Phi) is 5.64. The van der Waals surface area contributed by atoms with Crippen LogP contribution in [0, 0.1) is 12.8 Å². The van der Waals surface area contributed by atoms with Crippen molar-refractivity contribution in [1.29, 1.82) is 0 Å². The average Bonchev–Trinajstić information content (AvgIpc) is 2.63. The second kappa shape index (κ2) is 7.25. The van der Waals surface area contributed by atoms with Gasteiger partial charge in [-0.3, -0.25) is 0 Å². The van der Waals surface area contributed by atoms with E-state index in [1.807, 2.05) is 5.51 Å². The first-order valence-electron chi connectivity index (χ1n) is 7.42. The van der Waals surface area contributed by atoms with Crippen molar-refractivity contribution in [3.8, 4) is 0 Å². The lowest BCUT2D eigenvalue weighted by atomic mass is 9.95. The van der Waals surface area contributed by atoms with Gasteiger partial charge >= 0.3 is 0 Å². The number of nitrogens with zero attached hydrogens (tertiary/aromatic N) is 1. The van der Waals surface area contributed by atoms with Gasteiger partial charge < -0.3 is 5.32 Å². The molecule has 1 aromatic heterocycles. The van der Waals surface area contributed by atoms with Gasteiger partial charge in [0.2, 0.25) is 0 Å². The van der Waals surface area contributed by atoms with E-state index in [0.29, 0.717) is 0 Å². The van der Waals surface area contributed by atoms with Crippen molar-refractivity contribution in [2.24, 2.45) is 5.92 Å². The smallest absolute Gasteiger partial charge is 0.0798 e. The van der Waals surface area contributed by atoms with Crippen molar-refractivity contribution < 1.29 is 0 Å². The standard InChI is InChI=1S/C15H26N2S/c1-3-5-13-6-4-7-14(9-8-13)16-10-15-12(2)17-11-18-15/h11,13-14,16H,3-10H2,1-2H3. The third-order valence-electron chi connectivity index (χ3n) is 4.18. The number of hydrogen-bond donors (Lipinski definition) is 1. The van der Waals surface area contributed by atoms with E-state index in [9.17, 15) is 0 Å². The predicted molar refractivity (Wildman–Crippen MR) is 79.0 cm³/mol. The highest BCUT2D eigenvalue weighted by molar-refractivity contribution is 7.09. The van der Waals surface area contributed by atoms with Crippen LogP contribution >= 0.6 is 11.3 Å². The lowest BCUT2D eigenvalue weighted by molar-refractivity contribution is 0.410. The van der Waals surface area contributed by atoms with Crippen molar-refractivity contribution in [2.75, 3.05) is 0 Å². The Morgan fingerprint density at radius 2 is 2.22 bits per heavy atom. The first kappa shape index (κ1) is 14.0. The molecule has 0 aromatic carbocycles. The average molecular weight is 266 g/mol. The van der Waals surface area contributed by atoms with Crippen LogP contribution in [0.4, 0.5) is 0 Å². The molecule has 18 heavy (non-hydrogen) atoms. The molecule has 1 aliphatic carbocycles. The molecular formula is C15H26N2S. The molecule has 0 saturated heterocycles. The van der Waals surface area contributed by atoms with Gasteiger partial charge in [0.1, 0.15) is 0 Å². The number of rotatable bonds is 5. The summed E-state index contributed by atoms with van der Waals surface area (Å²) in [6.45, 7) is 5.44. The van der Waals surface area contributed by atoms with Gasteiger partial charge in [-0.25, -0.2) is 4.98 Å². The van der Waals surface area contributed by atoms with Gasteiger partial charge in [0.25, 0.3) is 0 Å². The number of thiazole rings is 1. The molecule has 2 atom stereocenters. The molecule has 1 aromatic rings. The molecule has 2 unspecified atom stereocenters. The first-order chi connectivity index (χ1) is 8.79. The van der Waals surface area contributed by atoms with Crippen molar-refractivity contribution in [2.45, 2.75) is 71.4 Å². The second-order valence-electron chi connectivity index (χ2n) is 5.60. The quantitative estimate of drug-likeness (QED) is 0.804. The maximum Gasteiger partial charge on any atom is 0.0798 e. The van der Waals surface area contributed by atoms with Gasteiger partial charge in [-0.1, -0.05) is 32.6 Å². The van der Waals surface area contributed by atoms with E-state index in [-0.39, 0.29) is 0 Å². The molecule has 0 amide bonds. The zero-order chi connectivity index (χ0) is 12.8. The summed E-state index contributed by atoms with van der Waals surface area (Å²) in [7, 11) is 0. The fourth-order valence-electron chi connectivity index (χ4n) is 3.01. The van der Waals surface area contributed by atoms with Crippen LogP contribution in [-0.4, -0.2) is 11.0 Å². The number of nitrogens with one attached hydrogen (secondary N) is 1. The Balaban J connectivity index is 1.75. The van der Waals surface area contributed by atoms with E-state index in [1.54, 1.807) is 11.3 Å². The molecule has 0 bridgehead atoms. The molecule has 1 heterocycles. The zero-order valence-corrected chi connectivity index (χ0v) is 12.6. The topological polar surface area (TPSA) is 24.9 Å². The monoisotopic (exact) mass is 266 g/mol. The molecule has 2 rings (SSSR count). The summed E-state index contributed by atoms with van der Waals surface area (Å²) < 4.78 is 0. The van der Waals surface area contributed by atoms with E-state index in [4.69, 9.17) is 0 Å². The molecule has 3 heteroatoms. The normalized spacial score (nSPS) is 25.0. The molecule has 1 N–H and O–H groups in total. The van der Waals surface area contributed by atoms with Gasteiger partial charge in [0.05, 0.1) is 11.2 Å². The van der Waals surface area contributed by atoms with E-state index < -0.39 is 0 Å². The Morgan fingerprint density at radius 1 is 1.33 bits per heavy atom. The Bertz CT molecular complexity index is 348. The Hall–Kier alpha value is -0.410. The van der Waals surface area contributed by atoms with Gasteiger partial charge in [-0.2, -0.15) is 0 Å². The van der Waals surface area contributed by atoms with Gasteiger partial charge in [0, 0.05) is 17.5 Å². The zero-order valence-electron chi connectivity index (χ0n) is 11.7. The molecule has 1 fully saturated rings. The minimum atomic E-state index is 0.730.